The number of pyridine rings is 1. The van der Waals surface area contributed by atoms with E-state index in [1.54, 1.807) is 20.0 Å². The molecule has 0 saturated heterocycles. The van der Waals surface area contributed by atoms with Gasteiger partial charge in [-0.25, -0.2) is 9.78 Å². The van der Waals surface area contributed by atoms with E-state index in [4.69, 9.17) is 4.74 Å². The lowest BCUT2D eigenvalue weighted by molar-refractivity contribution is -0.138. The number of anilines is 1. The number of hydrogen-bond acceptors (Lipinski definition) is 4. The van der Waals surface area contributed by atoms with Gasteiger partial charge >= 0.3 is 5.97 Å². The third-order valence-electron chi connectivity index (χ3n) is 1.92. The van der Waals surface area contributed by atoms with Crippen LogP contribution in [0.5, 0.6) is 0 Å². The highest BCUT2D eigenvalue weighted by Gasteiger charge is 2.03. The van der Waals surface area contributed by atoms with Crippen LogP contribution >= 0.6 is 0 Å². The van der Waals surface area contributed by atoms with Crippen molar-refractivity contribution in [2.45, 2.75) is 20.8 Å². The van der Waals surface area contributed by atoms with Crippen LogP contribution < -0.4 is 5.32 Å². The minimum Gasteiger partial charge on any atom is -0.463 e. The Labute approximate surface area is 95.3 Å². The largest absolute Gasteiger partial charge is 0.463 e. The maximum atomic E-state index is 11.3. The van der Waals surface area contributed by atoms with Gasteiger partial charge in [-0.15, -0.1) is 0 Å². The van der Waals surface area contributed by atoms with Crippen molar-refractivity contribution >= 4 is 11.8 Å². The van der Waals surface area contributed by atoms with E-state index in [1.165, 1.54) is 0 Å². The fourth-order valence-corrected chi connectivity index (χ4v) is 1.11. The quantitative estimate of drug-likeness (QED) is 0.624. The molecule has 0 bridgehead atoms. The monoisotopic (exact) mass is 220 g/mol. The number of carbonyl (C=O) groups is 1. The first kappa shape index (κ1) is 12.2. The van der Waals surface area contributed by atoms with E-state index in [-0.39, 0.29) is 5.97 Å². The predicted molar refractivity (Wildman–Crippen MR) is 63.0 cm³/mol. The molecule has 86 valence electrons. The van der Waals surface area contributed by atoms with Crippen LogP contribution in [0.25, 0.3) is 0 Å². The third-order valence-corrected chi connectivity index (χ3v) is 1.92. The smallest absolute Gasteiger partial charge is 0.335 e. The van der Waals surface area contributed by atoms with Gasteiger partial charge in [0.25, 0.3) is 0 Å². The molecule has 0 saturated carbocycles. The minimum absolute atomic E-state index is 0.317. The summed E-state index contributed by atoms with van der Waals surface area (Å²) in [7, 11) is 0. The van der Waals surface area contributed by atoms with Crippen LogP contribution in [0.1, 0.15) is 19.5 Å². The number of carbonyl (C=O) groups excluding carboxylic acids is 1. The van der Waals surface area contributed by atoms with E-state index in [0.29, 0.717) is 18.0 Å². The number of nitrogens with one attached hydrogen (secondary N) is 1. The topological polar surface area (TPSA) is 51.2 Å². The summed E-state index contributed by atoms with van der Waals surface area (Å²) in [4.78, 5) is 15.5. The Morgan fingerprint density at radius 1 is 1.56 bits per heavy atom. The van der Waals surface area contributed by atoms with Crippen molar-refractivity contribution in [3.8, 4) is 0 Å². The first-order chi connectivity index (χ1) is 7.63. The van der Waals surface area contributed by atoms with E-state index in [1.807, 2.05) is 25.1 Å². The number of aryl methyl sites for hydroxylation is 1. The second kappa shape index (κ2) is 5.90. The van der Waals surface area contributed by atoms with Gasteiger partial charge in [0.1, 0.15) is 5.82 Å². The summed E-state index contributed by atoms with van der Waals surface area (Å²) in [5.41, 5.74) is 1.44. The van der Waals surface area contributed by atoms with Crippen molar-refractivity contribution in [2.24, 2.45) is 0 Å². The van der Waals surface area contributed by atoms with Crippen LogP contribution in [0.4, 0.5) is 5.82 Å². The van der Waals surface area contributed by atoms with Gasteiger partial charge in [0.2, 0.25) is 0 Å². The van der Waals surface area contributed by atoms with Crippen molar-refractivity contribution in [1.82, 2.24) is 4.98 Å². The second-order valence-corrected chi connectivity index (χ2v) is 3.36. The maximum absolute atomic E-state index is 11.3. The predicted octanol–water partition coefficient (Wildman–Crippen LogP) is 2.27. The summed E-state index contributed by atoms with van der Waals surface area (Å²) >= 11 is 0. The molecule has 0 fully saturated rings. The van der Waals surface area contributed by atoms with Gasteiger partial charge < -0.3 is 10.1 Å². The summed E-state index contributed by atoms with van der Waals surface area (Å²) in [6.07, 6.45) is 1.60. The average molecular weight is 220 g/mol. The third kappa shape index (κ3) is 3.73. The SMILES string of the molecule is CCOC(=O)C(C)=CNc1cccc(C)n1. The number of hydrogen-bond donors (Lipinski definition) is 1. The molecule has 0 unspecified atom stereocenters. The molecule has 1 heterocycles. The molecule has 0 radical (unpaired) electrons. The zero-order valence-electron chi connectivity index (χ0n) is 9.78. The zero-order valence-corrected chi connectivity index (χ0v) is 9.78. The molecule has 1 aromatic rings. The summed E-state index contributed by atoms with van der Waals surface area (Å²) in [5.74, 6) is 0.395. The number of ether oxygens (including phenoxy) is 1. The van der Waals surface area contributed by atoms with Crippen LogP contribution in [0.2, 0.25) is 0 Å². The lowest BCUT2D eigenvalue weighted by atomic mass is 10.3. The molecule has 1 aromatic heterocycles. The molecule has 0 aliphatic rings. The highest BCUT2D eigenvalue weighted by atomic mass is 16.5. The average Bonchev–Trinajstić information content (AvgIpc) is 2.26. The first-order valence-electron chi connectivity index (χ1n) is 5.17. The normalized spacial score (nSPS) is 11.1. The molecule has 0 spiro atoms. The van der Waals surface area contributed by atoms with E-state index < -0.39 is 0 Å². The number of aromatic nitrogens is 1. The molecule has 0 aliphatic heterocycles. The van der Waals surface area contributed by atoms with E-state index >= 15 is 0 Å². The highest BCUT2D eigenvalue weighted by Crippen LogP contribution is 2.05. The van der Waals surface area contributed by atoms with Gasteiger partial charge in [0.05, 0.1) is 12.2 Å². The summed E-state index contributed by atoms with van der Waals surface area (Å²) < 4.78 is 4.85. The van der Waals surface area contributed by atoms with Crippen molar-refractivity contribution in [2.75, 3.05) is 11.9 Å². The first-order valence-corrected chi connectivity index (χ1v) is 5.17. The Morgan fingerprint density at radius 2 is 2.31 bits per heavy atom. The Bertz CT molecular complexity index is 400. The standard InChI is InChI=1S/C12H16N2O2/c1-4-16-12(15)9(2)8-13-11-7-5-6-10(3)14-11/h5-8H,4H2,1-3H3,(H,13,14). The van der Waals surface area contributed by atoms with Crippen molar-refractivity contribution in [3.63, 3.8) is 0 Å². The van der Waals surface area contributed by atoms with Crippen molar-refractivity contribution in [1.29, 1.82) is 0 Å². The van der Waals surface area contributed by atoms with Crippen molar-refractivity contribution in [3.05, 3.63) is 35.7 Å². The van der Waals surface area contributed by atoms with Gasteiger partial charge in [-0.3, -0.25) is 0 Å². The van der Waals surface area contributed by atoms with Crippen molar-refractivity contribution < 1.29 is 9.53 Å². The molecule has 1 N–H and O–H groups in total. The van der Waals surface area contributed by atoms with Crippen LogP contribution in [0.15, 0.2) is 30.0 Å². The van der Waals surface area contributed by atoms with Gasteiger partial charge in [0.15, 0.2) is 0 Å². The summed E-state index contributed by atoms with van der Waals surface area (Å²) in [6.45, 7) is 5.77. The van der Waals surface area contributed by atoms with Crippen LogP contribution in [-0.4, -0.2) is 17.6 Å². The summed E-state index contributed by atoms with van der Waals surface area (Å²) in [6, 6.07) is 5.65. The van der Waals surface area contributed by atoms with Crippen LogP contribution in [0, 0.1) is 6.92 Å². The molecule has 1 rings (SSSR count). The highest BCUT2D eigenvalue weighted by molar-refractivity contribution is 5.88. The van der Waals surface area contributed by atoms with E-state index in [0.717, 1.165) is 5.69 Å². The number of nitrogens with zero attached hydrogens (tertiary/aromatic N) is 1. The molecule has 4 heteroatoms. The molecule has 0 aliphatic carbocycles. The van der Waals surface area contributed by atoms with Crippen LogP contribution in [0.3, 0.4) is 0 Å². The van der Waals surface area contributed by atoms with E-state index in [9.17, 15) is 4.79 Å². The molecule has 0 amide bonds. The fourth-order valence-electron chi connectivity index (χ4n) is 1.11. The summed E-state index contributed by atoms with van der Waals surface area (Å²) in [5, 5.41) is 2.95. The maximum Gasteiger partial charge on any atom is 0.335 e. The van der Waals surface area contributed by atoms with Gasteiger partial charge in [-0.05, 0) is 32.9 Å². The molecule has 0 aromatic carbocycles. The van der Waals surface area contributed by atoms with E-state index in [2.05, 4.69) is 10.3 Å². The Kier molecular flexibility index (Phi) is 4.51. The molecular weight excluding hydrogens is 204 g/mol. The van der Waals surface area contributed by atoms with Gasteiger partial charge in [-0.2, -0.15) is 0 Å². The minimum atomic E-state index is -0.317. The zero-order chi connectivity index (χ0) is 12.0. The Morgan fingerprint density at radius 3 is 2.94 bits per heavy atom. The molecule has 16 heavy (non-hydrogen) atoms. The van der Waals surface area contributed by atoms with Gasteiger partial charge in [0, 0.05) is 11.9 Å². The number of esters is 1. The lowest BCUT2D eigenvalue weighted by Crippen LogP contribution is -2.07. The molecule has 0 atom stereocenters. The Hall–Kier alpha value is -1.84. The lowest BCUT2D eigenvalue weighted by Gasteiger charge is -2.03. The second-order valence-electron chi connectivity index (χ2n) is 3.36. The Balaban J connectivity index is 2.62. The van der Waals surface area contributed by atoms with Crippen LogP contribution in [-0.2, 0) is 9.53 Å². The van der Waals surface area contributed by atoms with Gasteiger partial charge in [-0.1, -0.05) is 6.07 Å². The molecular formula is C12H16N2O2. The molecule has 4 nitrogen and oxygen atoms in total. The number of rotatable bonds is 4. The fraction of sp³-hybridized carbons (Fsp3) is 0.333.